The fourth-order valence-corrected chi connectivity index (χ4v) is 2.66. The molecule has 1 amide bonds. The molecule has 0 atom stereocenters. The van der Waals surface area contributed by atoms with Gasteiger partial charge in [-0.3, -0.25) is 4.79 Å². The van der Waals surface area contributed by atoms with E-state index in [2.05, 4.69) is 17.2 Å². The molecular weight excluding hydrogens is 244 g/mol. The molecule has 0 bridgehead atoms. The Morgan fingerprint density at radius 1 is 1.32 bits per heavy atom. The lowest BCUT2D eigenvalue weighted by molar-refractivity contribution is -0.121. The standard InChI is InChI=1S/C14H20N2O3/c1-8-3-5-10(6-4-8)13(17)16-11-7-15-9(2)12(11)14(18)19/h7-8,10,15H,3-6H2,1-2H3,(H,16,17)(H,18,19). The summed E-state index contributed by atoms with van der Waals surface area (Å²) in [6, 6.07) is 0. The largest absolute Gasteiger partial charge is 0.478 e. The third-order valence-electron chi connectivity index (χ3n) is 3.94. The van der Waals surface area contributed by atoms with E-state index in [0.29, 0.717) is 17.3 Å². The van der Waals surface area contributed by atoms with Crippen LogP contribution in [0.15, 0.2) is 6.20 Å². The van der Waals surface area contributed by atoms with Crippen molar-refractivity contribution < 1.29 is 14.7 Å². The number of carboxylic acid groups (broad SMARTS) is 1. The number of aryl methyl sites for hydroxylation is 1. The molecule has 1 aromatic heterocycles. The predicted octanol–water partition coefficient (Wildman–Crippen LogP) is 2.79. The Morgan fingerprint density at radius 2 is 1.95 bits per heavy atom. The van der Waals surface area contributed by atoms with Crippen molar-refractivity contribution in [3.63, 3.8) is 0 Å². The molecule has 1 heterocycles. The van der Waals surface area contributed by atoms with E-state index in [0.717, 1.165) is 25.7 Å². The van der Waals surface area contributed by atoms with Crippen molar-refractivity contribution >= 4 is 17.6 Å². The molecule has 1 saturated carbocycles. The molecule has 0 spiro atoms. The zero-order valence-electron chi connectivity index (χ0n) is 11.3. The van der Waals surface area contributed by atoms with Crippen LogP contribution in [-0.2, 0) is 4.79 Å². The van der Waals surface area contributed by atoms with Gasteiger partial charge < -0.3 is 15.4 Å². The lowest BCUT2D eigenvalue weighted by Gasteiger charge is -2.25. The van der Waals surface area contributed by atoms with Crippen molar-refractivity contribution in [2.45, 2.75) is 39.5 Å². The van der Waals surface area contributed by atoms with E-state index in [9.17, 15) is 9.59 Å². The van der Waals surface area contributed by atoms with E-state index in [-0.39, 0.29) is 17.4 Å². The maximum Gasteiger partial charge on any atom is 0.339 e. The van der Waals surface area contributed by atoms with Gasteiger partial charge in [0.05, 0.1) is 5.69 Å². The molecule has 1 fully saturated rings. The SMILES string of the molecule is Cc1[nH]cc(NC(=O)C2CCC(C)CC2)c1C(=O)O. The molecule has 2 rings (SSSR count). The first-order valence-electron chi connectivity index (χ1n) is 6.71. The van der Waals surface area contributed by atoms with Crippen LogP contribution in [0.5, 0.6) is 0 Å². The monoisotopic (exact) mass is 264 g/mol. The van der Waals surface area contributed by atoms with E-state index in [4.69, 9.17) is 5.11 Å². The zero-order chi connectivity index (χ0) is 14.0. The summed E-state index contributed by atoms with van der Waals surface area (Å²) in [6.45, 7) is 3.88. The highest BCUT2D eigenvalue weighted by Gasteiger charge is 2.26. The van der Waals surface area contributed by atoms with Gasteiger partial charge in [0.25, 0.3) is 0 Å². The smallest absolute Gasteiger partial charge is 0.339 e. The summed E-state index contributed by atoms with van der Waals surface area (Å²) in [7, 11) is 0. The minimum atomic E-state index is -1.02. The Labute approximate surface area is 112 Å². The number of H-pyrrole nitrogens is 1. The number of carboxylic acids is 1. The number of aromatic amines is 1. The molecule has 1 aliphatic rings. The molecule has 3 N–H and O–H groups in total. The quantitative estimate of drug-likeness (QED) is 0.785. The lowest BCUT2D eigenvalue weighted by Crippen LogP contribution is -2.27. The summed E-state index contributed by atoms with van der Waals surface area (Å²) in [4.78, 5) is 26.1. The second-order valence-electron chi connectivity index (χ2n) is 5.45. The fraction of sp³-hybridized carbons (Fsp3) is 0.571. The molecule has 1 aromatic rings. The molecule has 0 aromatic carbocycles. The summed E-state index contributed by atoms with van der Waals surface area (Å²) >= 11 is 0. The summed E-state index contributed by atoms with van der Waals surface area (Å²) in [6.07, 6.45) is 5.45. The van der Waals surface area contributed by atoms with E-state index in [1.54, 1.807) is 13.1 Å². The Morgan fingerprint density at radius 3 is 2.53 bits per heavy atom. The number of anilines is 1. The number of hydrogen-bond donors (Lipinski definition) is 3. The van der Waals surface area contributed by atoms with Gasteiger partial charge in [0, 0.05) is 17.8 Å². The van der Waals surface area contributed by atoms with Crippen LogP contribution in [0.2, 0.25) is 0 Å². The normalized spacial score (nSPS) is 23.1. The average molecular weight is 264 g/mol. The number of amides is 1. The van der Waals surface area contributed by atoms with Gasteiger partial charge in [0.2, 0.25) is 5.91 Å². The highest BCUT2D eigenvalue weighted by molar-refractivity contribution is 6.02. The van der Waals surface area contributed by atoms with Gasteiger partial charge in [-0.1, -0.05) is 6.92 Å². The molecule has 0 aliphatic heterocycles. The van der Waals surface area contributed by atoms with Gasteiger partial charge in [0.15, 0.2) is 0 Å². The third kappa shape index (κ3) is 2.97. The minimum absolute atomic E-state index is 0.00745. The van der Waals surface area contributed by atoms with Gasteiger partial charge in [-0.25, -0.2) is 4.79 Å². The Bertz CT molecular complexity index is 485. The first-order chi connectivity index (χ1) is 8.99. The van der Waals surface area contributed by atoms with Crippen LogP contribution in [0.1, 0.15) is 48.7 Å². The molecule has 0 radical (unpaired) electrons. The van der Waals surface area contributed by atoms with E-state index < -0.39 is 5.97 Å². The highest BCUT2D eigenvalue weighted by atomic mass is 16.4. The van der Waals surface area contributed by atoms with Crippen LogP contribution in [0.3, 0.4) is 0 Å². The first-order valence-corrected chi connectivity index (χ1v) is 6.71. The number of aromatic carboxylic acids is 1. The van der Waals surface area contributed by atoms with Crippen LogP contribution in [0.25, 0.3) is 0 Å². The molecule has 0 unspecified atom stereocenters. The van der Waals surface area contributed by atoms with E-state index in [1.165, 1.54) is 0 Å². The van der Waals surface area contributed by atoms with Crippen molar-refractivity contribution in [3.8, 4) is 0 Å². The average Bonchev–Trinajstić information content (AvgIpc) is 2.71. The molecule has 0 saturated heterocycles. The predicted molar refractivity (Wildman–Crippen MR) is 72.2 cm³/mol. The fourth-order valence-electron chi connectivity index (χ4n) is 2.66. The van der Waals surface area contributed by atoms with Gasteiger partial charge >= 0.3 is 5.97 Å². The lowest BCUT2D eigenvalue weighted by atomic mass is 9.82. The van der Waals surface area contributed by atoms with Crippen LogP contribution in [0, 0.1) is 18.8 Å². The topological polar surface area (TPSA) is 82.2 Å². The third-order valence-corrected chi connectivity index (χ3v) is 3.94. The van der Waals surface area contributed by atoms with Crippen molar-refractivity contribution in [2.75, 3.05) is 5.32 Å². The molecule has 19 heavy (non-hydrogen) atoms. The van der Waals surface area contributed by atoms with Gasteiger partial charge in [0.1, 0.15) is 5.56 Å². The maximum absolute atomic E-state index is 12.1. The molecule has 5 heteroatoms. The highest BCUT2D eigenvalue weighted by Crippen LogP contribution is 2.29. The molecule has 1 aliphatic carbocycles. The van der Waals surface area contributed by atoms with Gasteiger partial charge in [-0.2, -0.15) is 0 Å². The van der Waals surface area contributed by atoms with Crippen LogP contribution in [-0.4, -0.2) is 22.0 Å². The summed E-state index contributed by atoms with van der Waals surface area (Å²) < 4.78 is 0. The van der Waals surface area contributed by atoms with Crippen LogP contribution >= 0.6 is 0 Å². The van der Waals surface area contributed by atoms with E-state index >= 15 is 0 Å². The molecule has 5 nitrogen and oxygen atoms in total. The van der Waals surface area contributed by atoms with Gasteiger partial charge in [-0.05, 0) is 38.5 Å². The molecule has 104 valence electrons. The van der Waals surface area contributed by atoms with Crippen molar-refractivity contribution in [3.05, 3.63) is 17.5 Å². The first kappa shape index (κ1) is 13.6. The van der Waals surface area contributed by atoms with Crippen LogP contribution in [0.4, 0.5) is 5.69 Å². The second-order valence-corrected chi connectivity index (χ2v) is 5.45. The number of carbonyl (C=O) groups is 2. The maximum atomic E-state index is 12.1. The zero-order valence-corrected chi connectivity index (χ0v) is 11.3. The van der Waals surface area contributed by atoms with Crippen molar-refractivity contribution in [1.82, 2.24) is 4.98 Å². The Kier molecular flexibility index (Phi) is 3.93. The number of hydrogen-bond acceptors (Lipinski definition) is 2. The number of nitrogens with one attached hydrogen (secondary N) is 2. The Balaban J connectivity index is 2.05. The Hall–Kier alpha value is -1.78. The minimum Gasteiger partial charge on any atom is -0.478 e. The van der Waals surface area contributed by atoms with Crippen LogP contribution < -0.4 is 5.32 Å². The molecular formula is C14H20N2O3. The number of aromatic nitrogens is 1. The van der Waals surface area contributed by atoms with Crippen molar-refractivity contribution in [1.29, 1.82) is 0 Å². The number of carbonyl (C=O) groups excluding carboxylic acids is 1. The summed E-state index contributed by atoms with van der Waals surface area (Å²) in [5.41, 5.74) is 1.08. The van der Waals surface area contributed by atoms with Crippen molar-refractivity contribution in [2.24, 2.45) is 11.8 Å². The van der Waals surface area contributed by atoms with Gasteiger partial charge in [-0.15, -0.1) is 0 Å². The summed E-state index contributed by atoms with van der Waals surface area (Å²) in [5, 5.41) is 11.9. The number of rotatable bonds is 3. The summed E-state index contributed by atoms with van der Waals surface area (Å²) in [5.74, 6) is -0.388. The second kappa shape index (κ2) is 5.47. The van der Waals surface area contributed by atoms with E-state index in [1.807, 2.05) is 0 Å².